The zero-order chi connectivity index (χ0) is 18.0. The molecule has 0 atom stereocenters. The van der Waals surface area contributed by atoms with Crippen molar-refractivity contribution < 1.29 is 5.11 Å². The number of nitrogens with one attached hydrogen (secondary N) is 1. The molecule has 1 aromatic heterocycles. The van der Waals surface area contributed by atoms with Crippen molar-refractivity contribution in [2.75, 3.05) is 5.73 Å². The molecular formula is C19H12N4O2. The van der Waals surface area contributed by atoms with Gasteiger partial charge in [0.25, 0.3) is 5.56 Å². The van der Waals surface area contributed by atoms with Crippen LogP contribution in [0.4, 0.5) is 5.82 Å². The van der Waals surface area contributed by atoms with Gasteiger partial charge >= 0.3 is 0 Å². The summed E-state index contributed by atoms with van der Waals surface area (Å²) >= 11 is 0. The van der Waals surface area contributed by atoms with Crippen LogP contribution < -0.4 is 11.3 Å². The van der Waals surface area contributed by atoms with Gasteiger partial charge in [-0.1, -0.05) is 36.4 Å². The lowest BCUT2D eigenvalue weighted by atomic mass is 9.90. The molecule has 120 valence electrons. The fourth-order valence-electron chi connectivity index (χ4n) is 2.71. The van der Waals surface area contributed by atoms with Crippen molar-refractivity contribution in [3.8, 4) is 40.1 Å². The Labute approximate surface area is 143 Å². The lowest BCUT2D eigenvalue weighted by Crippen LogP contribution is -2.16. The number of nitrogen functional groups attached to an aromatic ring is 1. The molecule has 6 heteroatoms. The maximum Gasteiger partial charge on any atom is 0.268 e. The summed E-state index contributed by atoms with van der Waals surface area (Å²) in [6.07, 6.45) is 0. The molecule has 0 saturated heterocycles. The Morgan fingerprint density at radius 2 is 1.52 bits per heavy atom. The predicted octanol–water partition coefficient (Wildman–Crippen LogP) is 2.74. The molecule has 25 heavy (non-hydrogen) atoms. The van der Waals surface area contributed by atoms with Gasteiger partial charge in [0, 0.05) is 5.56 Å². The van der Waals surface area contributed by atoms with Gasteiger partial charge < -0.3 is 15.8 Å². The number of hydrogen-bond donors (Lipinski definition) is 3. The first kappa shape index (κ1) is 15.9. The third-order valence-corrected chi connectivity index (χ3v) is 3.84. The molecule has 0 aliphatic rings. The zero-order valence-electron chi connectivity index (χ0n) is 12.9. The van der Waals surface area contributed by atoms with Crippen molar-refractivity contribution >= 4 is 5.82 Å². The summed E-state index contributed by atoms with van der Waals surface area (Å²) in [7, 11) is 0. The highest BCUT2D eigenvalue weighted by Crippen LogP contribution is 2.36. The average Bonchev–Trinajstić information content (AvgIpc) is 2.62. The smallest absolute Gasteiger partial charge is 0.268 e. The van der Waals surface area contributed by atoms with Crippen molar-refractivity contribution in [2.45, 2.75) is 0 Å². The predicted molar refractivity (Wildman–Crippen MR) is 93.4 cm³/mol. The number of anilines is 1. The highest BCUT2D eigenvalue weighted by Gasteiger charge is 2.20. The molecule has 2 aromatic carbocycles. The van der Waals surface area contributed by atoms with Crippen LogP contribution in [0.3, 0.4) is 0 Å². The van der Waals surface area contributed by atoms with Crippen molar-refractivity contribution in [2.24, 2.45) is 0 Å². The van der Waals surface area contributed by atoms with Crippen molar-refractivity contribution in [1.82, 2.24) is 4.98 Å². The van der Waals surface area contributed by atoms with E-state index in [4.69, 9.17) is 5.73 Å². The number of aromatic hydroxyl groups is 1. The minimum Gasteiger partial charge on any atom is -0.508 e. The van der Waals surface area contributed by atoms with Gasteiger partial charge in [-0.2, -0.15) is 10.5 Å². The summed E-state index contributed by atoms with van der Waals surface area (Å²) in [6, 6.07) is 17.4. The number of phenols is 1. The molecule has 0 radical (unpaired) electrons. The second kappa shape index (κ2) is 6.23. The van der Waals surface area contributed by atoms with E-state index in [0.29, 0.717) is 11.1 Å². The summed E-state index contributed by atoms with van der Waals surface area (Å²) in [4.78, 5) is 14.5. The average molecular weight is 328 g/mol. The third-order valence-electron chi connectivity index (χ3n) is 3.84. The standard InChI is InChI=1S/C19H12N4O2/c20-9-15-17(16(10-21)19(25)23-18(15)22)14-4-2-1-3-13(14)11-5-7-12(24)8-6-11/h1-8,24H,(H3,22,23,25). The Kier molecular flexibility index (Phi) is 3.95. The lowest BCUT2D eigenvalue weighted by molar-refractivity contribution is 0.475. The molecule has 1 heterocycles. The molecular weight excluding hydrogens is 316 g/mol. The molecule has 0 amide bonds. The van der Waals surface area contributed by atoms with E-state index in [-0.39, 0.29) is 28.3 Å². The summed E-state index contributed by atoms with van der Waals surface area (Å²) in [6.45, 7) is 0. The Morgan fingerprint density at radius 1 is 0.920 bits per heavy atom. The zero-order valence-corrected chi connectivity index (χ0v) is 12.9. The number of nitriles is 2. The van der Waals surface area contributed by atoms with E-state index in [1.165, 1.54) is 12.1 Å². The van der Waals surface area contributed by atoms with E-state index < -0.39 is 5.56 Å². The van der Waals surface area contributed by atoms with Crippen LogP contribution in [0.25, 0.3) is 22.3 Å². The molecule has 0 aliphatic carbocycles. The van der Waals surface area contributed by atoms with Gasteiger partial charge in [0.15, 0.2) is 0 Å². The normalized spacial score (nSPS) is 10.0. The molecule has 0 aliphatic heterocycles. The van der Waals surface area contributed by atoms with Gasteiger partial charge in [-0.25, -0.2) is 0 Å². The fraction of sp³-hybridized carbons (Fsp3) is 0. The van der Waals surface area contributed by atoms with Crippen LogP contribution in [0.2, 0.25) is 0 Å². The van der Waals surface area contributed by atoms with Crippen LogP contribution >= 0.6 is 0 Å². The fourth-order valence-corrected chi connectivity index (χ4v) is 2.71. The Balaban J connectivity index is 2.41. The van der Waals surface area contributed by atoms with E-state index in [0.717, 1.165) is 5.56 Å². The van der Waals surface area contributed by atoms with Crippen molar-refractivity contribution in [3.63, 3.8) is 0 Å². The molecule has 3 aromatic rings. The maximum absolute atomic E-state index is 12.1. The number of rotatable bonds is 2. The van der Waals surface area contributed by atoms with E-state index in [9.17, 15) is 20.4 Å². The second-order valence-corrected chi connectivity index (χ2v) is 5.31. The summed E-state index contributed by atoms with van der Waals surface area (Å²) in [5.41, 5.74) is 7.23. The van der Waals surface area contributed by atoms with Crippen molar-refractivity contribution in [3.05, 3.63) is 70.0 Å². The van der Waals surface area contributed by atoms with Crippen LogP contribution in [-0.2, 0) is 0 Å². The van der Waals surface area contributed by atoms with Crippen LogP contribution in [0.1, 0.15) is 11.1 Å². The molecule has 0 unspecified atom stereocenters. The van der Waals surface area contributed by atoms with E-state index in [2.05, 4.69) is 4.98 Å². The van der Waals surface area contributed by atoms with E-state index in [1.807, 2.05) is 12.1 Å². The summed E-state index contributed by atoms with van der Waals surface area (Å²) < 4.78 is 0. The van der Waals surface area contributed by atoms with Crippen LogP contribution in [0.5, 0.6) is 5.75 Å². The quantitative estimate of drug-likeness (QED) is 0.666. The molecule has 0 bridgehead atoms. The highest BCUT2D eigenvalue weighted by atomic mass is 16.3. The minimum atomic E-state index is -0.644. The first-order valence-corrected chi connectivity index (χ1v) is 7.31. The van der Waals surface area contributed by atoms with Gasteiger partial charge in [-0.3, -0.25) is 4.79 Å². The number of benzene rings is 2. The number of phenolic OH excluding ortho intramolecular Hbond substituents is 1. The third kappa shape index (κ3) is 2.69. The lowest BCUT2D eigenvalue weighted by Gasteiger charge is -2.13. The maximum atomic E-state index is 12.1. The van der Waals surface area contributed by atoms with Gasteiger partial charge in [-0.05, 0) is 28.8 Å². The highest BCUT2D eigenvalue weighted by molar-refractivity contribution is 5.90. The molecule has 3 rings (SSSR count). The second-order valence-electron chi connectivity index (χ2n) is 5.31. The molecule has 4 N–H and O–H groups in total. The number of H-pyrrole nitrogens is 1. The summed E-state index contributed by atoms with van der Waals surface area (Å²) in [5, 5.41) is 28.4. The number of hydrogen-bond acceptors (Lipinski definition) is 5. The van der Waals surface area contributed by atoms with Gasteiger partial charge in [0.1, 0.15) is 34.8 Å². The topological polar surface area (TPSA) is 127 Å². The number of aromatic amines is 1. The molecule has 0 spiro atoms. The van der Waals surface area contributed by atoms with Crippen LogP contribution in [0, 0.1) is 22.7 Å². The number of aromatic nitrogens is 1. The molecule has 0 fully saturated rings. The first-order valence-electron chi connectivity index (χ1n) is 7.31. The van der Waals surface area contributed by atoms with Crippen LogP contribution in [-0.4, -0.2) is 10.1 Å². The number of nitrogens with zero attached hydrogens (tertiary/aromatic N) is 2. The van der Waals surface area contributed by atoms with Crippen molar-refractivity contribution in [1.29, 1.82) is 10.5 Å². The Hall–Kier alpha value is -4.03. The summed E-state index contributed by atoms with van der Waals surface area (Å²) in [5.74, 6) is 0.0408. The van der Waals surface area contributed by atoms with Crippen LogP contribution in [0.15, 0.2) is 53.3 Å². The van der Waals surface area contributed by atoms with E-state index >= 15 is 0 Å². The monoisotopic (exact) mass is 328 g/mol. The number of pyridine rings is 1. The first-order chi connectivity index (χ1) is 12.1. The minimum absolute atomic E-state index is 0.0439. The van der Waals surface area contributed by atoms with E-state index in [1.54, 1.807) is 36.4 Å². The number of nitrogens with two attached hydrogens (primary N) is 1. The van der Waals surface area contributed by atoms with Gasteiger partial charge in [0.2, 0.25) is 0 Å². The largest absolute Gasteiger partial charge is 0.508 e. The Bertz CT molecular complexity index is 1100. The molecule has 6 nitrogen and oxygen atoms in total. The molecule has 0 saturated carbocycles. The van der Waals surface area contributed by atoms with Gasteiger partial charge in [-0.15, -0.1) is 0 Å². The SMILES string of the molecule is N#Cc1c(N)[nH]c(=O)c(C#N)c1-c1ccccc1-c1ccc(O)cc1. The van der Waals surface area contributed by atoms with Gasteiger partial charge in [0.05, 0.1) is 0 Å². The Morgan fingerprint density at radius 3 is 2.12 bits per heavy atom.